The number of hydrogen-bond donors (Lipinski definition) is 7. The molecule has 46 heavy (non-hydrogen) atoms. The number of nitrogen functional groups attached to an aromatic ring is 2. The number of carboxylic acids is 1. The molecule has 0 amide bonds. The number of azo groups is 2. The number of carboxylic acid groups (broad SMARTS) is 1. The maximum Gasteiger partial charge on any atom is 0.339 e. The van der Waals surface area contributed by atoms with Crippen molar-refractivity contribution in [2.24, 2.45) is 20.5 Å². The zero-order chi connectivity index (χ0) is 34.0. The van der Waals surface area contributed by atoms with E-state index in [1.807, 2.05) is 0 Å². The van der Waals surface area contributed by atoms with Crippen molar-refractivity contribution in [3.05, 3.63) is 82.4 Å². The molecule has 0 saturated carbocycles. The lowest BCUT2D eigenvalue weighted by molar-refractivity contribution is -0.385. The monoisotopic (exact) mass is 672 g/mol. The maximum atomic E-state index is 11.8. The molecule has 0 radical (unpaired) electrons. The summed E-state index contributed by atoms with van der Waals surface area (Å²) >= 11 is 0. The molecule has 0 aromatic heterocycles. The number of nitro benzene ring substituents is 1. The number of nitro groups is 1. The Balaban J connectivity index is 1.59. The third-order valence-electron chi connectivity index (χ3n) is 5.91. The number of benzene rings is 4. The van der Waals surface area contributed by atoms with Crippen molar-refractivity contribution in [2.45, 2.75) is 9.79 Å². The van der Waals surface area contributed by atoms with E-state index in [0.717, 1.165) is 12.1 Å². The van der Waals surface area contributed by atoms with Crippen LogP contribution in [0.2, 0.25) is 0 Å². The van der Waals surface area contributed by atoms with Gasteiger partial charge in [-0.1, -0.05) is 0 Å². The van der Waals surface area contributed by atoms with E-state index in [2.05, 4.69) is 25.8 Å². The number of phenols is 1. The average molecular weight is 673 g/mol. The molecule has 4 rings (SSSR count). The second-order valence-electron chi connectivity index (χ2n) is 9.07. The first-order chi connectivity index (χ1) is 21.4. The summed E-state index contributed by atoms with van der Waals surface area (Å²) in [6.07, 6.45) is 0. The fourth-order valence-electron chi connectivity index (χ4n) is 3.69. The first kappa shape index (κ1) is 32.9. The lowest BCUT2D eigenvalue weighted by atomic mass is 10.2. The number of carbonyl (C=O) groups is 1. The van der Waals surface area contributed by atoms with Gasteiger partial charge in [-0.3, -0.25) is 19.2 Å². The van der Waals surface area contributed by atoms with Gasteiger partial charge in [-0.05, 0) is 54.6 Å². The van der Waals surface area contributed by atoms with Crippen LogP contribution in [0.15, 0.2) is 97.0 Å². The highest BCUT2D eigenvalue weighted by Crippen LogP contribution is 2.38. The minimum atomic E-state index is -4.87. The molecule has 0 bridgehead atoms. The average Bonchev–Trinajstić information content (AvgIpc) is 2.96. The lowest BCUT2D eigenvalue weighted by Crippen LogP contribution is -2.04. The Labute approximate surface area is 258 Å². The van der Waals surface area contributed by atoms with E-state index in [-0.39, 0.29) is 34.1 Å². The van der Waals surface area contributed by atoms with Crippen molar-refractivity contribution in [3.63, 3.8) is 0 Å². The summed E-state index contributed by atoms with van der Waals surface area (Å²) in [4.78, 5) is 20.0. The fourth-order valence-corrected chi connectivity index (χ4v) is 4.89. The van der Waals surface area contributed by atoms with Gasteiger partial charge in [-0.2, -0.15) is 21.9 Å². The quantitative estimate of drug-likeness (QED) is 0.0373. The summed E-state index contributed by atoms with van der Waals surface area (Å²) in [6.45, 7) is 0. The highest BCUT2D eigenvalue weighted by molar-refractivity contribution is 7.86. The molecule has 238 valence electrons. The minimum absolute atomic E-state index is 0.0324. The van der Waals surface area contributed by atoms with E-state index < -0.39 is 63.6 Å². The first-order valence-corrected chi connectivity index (χ1v) is 15.1. The van der Waals surface area contributed by atoms with Gasteiger partial charge in [0, 0.05) is 17.8 Å². The molecule has 4 aromatic carbocycles. The molecule has 0 fully saturated rings. The topological polar surface area (TPSA) is 323 Å². The van der Waals surface area contributed by atoms with Crippen LogP contribution in [0.25, 0.3) is 0 Å². The Morgan fingerprint density at radius 1 is 0.783 bits per heavy atom. The number of anilines is 4. The van der Waals surface area contributed by atoms with Crippen LogP contribution in [-0.4, -0.2) is 47.0 Å². The second-order valence-corrected chi connectivity index (χ2v) is 11.9. The molecule has 0 heterocycles. The van der Waals surface area contributed by atoms with Gasteiger partial charge in [0.2, 0.25) is 0 Å². The van der Waals surface area contributed by atoms with Crippen molar-refractivity contribution in [1.29, 1.82) is 0 Å². The summed E-state index contributed by atoms with van der Waals surface area (Å²) in [7, 11) is -9.68. The number of non-ortho nitro benzene ring substituents is 1. The fraction of sp³-hybridized carbons (Fsp3) is 0. The van der Waals surface area contributed by atoms with E-state index in [0.29, 0.717) is 23.9 Å². The Hall–Kier alpha value is -6.03. The van der Waals surface area contributed by atoms with E-state index in [4.69, 9.17) is 11.5 Å². The number of nitrogens with zero attached hydrogens (tertiary/aromatic N) is 5. The largest absolute Gasteiger partial charge is 0.505 e. The van der Waals surface area contributed by atoms with Crippen LogP contribution in [0.1, 0.15) is 10.4 Å². The molecule has 21 heteroatoms. The SMILES string of the molecule is Nc1cc(N)c(N=Nc2cc(S(=O)(=O)O)cc(C(=O)O)c2O)cc1N=Nc1ccc(Nc2ccc([N+](=O)[O-])cc2S(=O)(=O)O)cc1. The van der Waals surface area contributed by atoms with Gasteiger partial charge in [0.05, 0.1) is 32.6 Å². The molecular weight excluding hydrogens is 652 g/mol. The van der Waals surface area contributed by atoms with Crippen LogP contribution in [0.3, 0.4) is 0 Å². The van der Waals surface area contributed by atoms with Crippen molar-refractivity contribution in [3.8, 4) is 5.75 Å². The highest BCUT2D eigenvalue weighted by Gasteiger charge is 2.22. The van der Waals surface area contributed by atoms with Gasteiger partial charge in [-0.15, -0.1) is 15.3 Å². The Morgan fingerprint density at radius 2 is 1.37 bits per heavy atom. The second kappa shape index (κ2) is 12.5. The molecule has 9 N–H and O–H groups in total. The van der Waals surface area contributed by atoms with Gasteiger partial charge in [-0.25, -0.2) is 4.79 Å². The van der Waals surface area contributed by atoms with Crippen molar-refractivity contribution < 1.29 is 45.9 Å². The third kappa shape index (κ3) is 7.54. The van der Waals surface area contributed by atoms with E-state index in [1.165, 1.54) is 36.4 Å². The van der Waals surface area contributed by atoms with Crippen LogP contribution >= 0.6 is 0 Å². The van der Waals surface area contributed by atoms with Crippen molar-refractivity contribution in [1.82, 2.24) is 0 Å². The normalized spacial score (nSPS) is 12.0. The number of aromatic carboxylic acids is 1. The molecular formula is C25H20N8O11S2. The predicted molar refractivity (Wildman–Crippen MR) is 161 cm³/mol. The van der Waals surface area contributed by atoms with E-state index >= 15 is 0 Å². The number of nitrogens with one attached hydrogen (secondary N) is 1. The molecule has 0 unspecified atom stereocenters. The van der Waals surface area contributed by atoms with Crippen LogP contribution in [0.5, 0.6) is 5.75 Å². The smallest absolute Gasteiger partial charge is 0.339 e. The number of rotatable bonds is 10. The van der Waals surface area contributed by atoms with Crippen LogP contribution in [0.4, 0.5) is 51.2 Å². The molecule has 0 aliphatic rings. The Kier molecular flexibility index (Phi) is 8.95. The summed E-state index contributed by atoms with van der Waals surface area (Å²) in [6, 6.07) is 12.5. The van der Waals surface area contributed by atoms with Gasteiger partial charge < -0.3 is 27.0 Å². The molecule has 0 aliphatic heterocycles. The summed E-state index contributed by atoms with van der Waals surface area (Å²) < 4.78 is 65.4. The number of aromatic hydroxyl groups is 1. The number of nitrogens with two attached hydrogens (primary N) is 2. The predicted octanol–water partition coefficient (Wildman–Crippen LogP) is 5.23. The standard InChI is InChI=1S/C25H20N8O11S2/c26-17-10-18(27)21(31-32-22-9-15(45(39,40)41)8-16(24(22)34)25(35)36)11-20(17)30-29-13-3-1-12(2-4-13)28-19-6-5-14(33(37)38)7-23(19)46(42,43)44/h1-11,28,34H,26-27H2,(H,35,36)(H,39,40,41)(H,42,43,44). The van der Waals surface area contributed by atoms with E-state index in [9.17, 15) is 51.1 Å². The third-order valence-corrected chi connectivity index (χ3v) is 7.63. The number of hydrogen-bond acceptors (Lipinski definition) is 15. The van der Waals surface area contributed by atoms with Gasteiger partial charge in [0.25, 0.3) is 25.9 Å². The summed E-state index contributed by atoms with van der Waals surface area (Å²) in [5, 5.41) is 48.8. The van der Waals surface area contributed by atoms with Gasteiger partial charge in [0.15, 0.2) is 5.75 Å². The van der Waals surface area contributed by atoms with Gasteiger partial charge in [0.1, 0.15) is 27.5 Å². The Bertz CT molecular complexity index is 2170. The van der Waals surface area contributed by atoms with Gasteiger partial charge >= 0.3 is 5.97 Å². The van der Waals surface area contributed by atoms with Crippen molar-refractivity contribution >= 4 is 77.4 Å². The molecule has 0 saturated heterocycles. The molecule has 0 spiro atoms. The summed E-state index contributed by atoms with van der Waals surface area (Å²) in [5.74, 6) is -2.63. The zero-order valence-corrected chi connectivity index (χ0v) is 24.3. The van der Waals surface area contributed by atoms with Crippen molar-refractivity contribution in [2.75, 3.05) is 16.8 Å². The highest BCUT2D eigenvalue weighted by atomic mass is 32.2. The minimum Gasteiger partial charge on any atom is -0.505 e. The Morgan fingerprint density at radius 3 is 1.91 bits per heavy atom. The van der Waals surface area contributed by atoms with E-state index in [1.54, 1.807) is 0 Å². The molecule has 0 atom stereocenters. The molecule has 4 aromatic rings. The van der Waals surface area contributed by atoms with Crippen LogP contribution in [-0.2, 0) is 20.2 Å². The van der Waals surface area contributed by atoms with Crippen LogP contribution < -0.4 is 16.8 Å². The zero-order valence-electron chi connectivity index (χ0n) is 22.7. The molecule has 0 aliphatic carbocycles. The maximum absolute atomic E-state index is 11.8. The van der Waals surface area contributed by atoms with Crippen LogP contribution in [0, 0.1) is 10.1 Å². The summed E-state index contributed by atoms with van der Waals surface area (Å²) in [5.41, 5.74) is 10.3. The first-order valence-electron chi connectivity index (χ1n) is 12.2. The lowest BCUT2D eigenvalue weighted by Gasteiger charge is -2.10. The molecule has 19 nitrogen and oxygen atoms in total.